The van der Waals surface area contributed by atoms with Crippen molar-refractivity contribution >= 4 is 17.3 Å². The molecule has 1 aromatic heterocycles. The highest BCUT2D eigenvalue weighted by Gasteiger charge is 2.35. The maximum Gasteiger partial charge on any atom is 0.194 e. The van der Waals surface area contributed by atoms with Crippen LogP contribution in [0.25, 0.3) is 0 Å². The Bertz CT molecular complexity index is 544. The zero-order valence-corrected chi connectivity index (χ0v) is 15.7. The summed E-state index contributed by atoms with van der Waals surface area (Å²) >= 11 is 1.74. The first-order chi connectivity index (χ1) is 11.0. The Labute approximate surface area is 144 Å². The molecule has 128 valence electrons. The Hall–Kier alpha value is -1.10. The van der Waals surface area contributed by atoms with Crippen LogP contribution in [0.5, 0.6) is 0 Å². The number of guanidine groups is 1. The molecule has 1 aromatic rings. The van der Waals surface area contributed by atoms with Crippen LogP contribution < -0.4 is 5.32 Å². The van der Waals surface area contributed by atoms with Crippen LogP contribution in [0.1, 0.15) is 57.2 Å². The highest BCUT2D eigenvalue weighted by atomic mass is 32.1. The van der Waals surface area contributed by atoms with Gasteiger partial charge in [0.2, 0.25) is 0 Å². The third-order valence-corrected chi connectivity index (χ3v) is 6.05. The number of thiazole rings is 1. The number of fused-ring (bicyclic) bond motifs is 1. The van der Waals surface area contributed by atoms with Gasteiger partial charge in [-0.05, 0) is 24.7 Å². The largest absolute Gasteiger partial charge is 0.350 e. The molecule has 0 spiro atoms. The van der Waals surface area contributed by atoms with Crippen LogP contribution in [0.2, 0.25) is 0 Å². The van der Waals surface area contributed by atoms with Crippen molar-refractivity contribution < 1.29 is 0 Å². The van der Waals surface area contributed by atoms with Gasteiger partial charge in [-0.3, -0.25) is 4.99 Å². The van der Waals surface area contributed by atoms with Crippen molar-refractivity contribution in [1.82, 2.24) is 15.2 Å². The third kappa shape index (κ3) is 3.87. The van der Waals surface area contributed by atoms with E-state index in [1.807, 2.05) is 7.05 Å². The van der Waals surface area contributed by atoms with E-state index < -0.39 is 0 Å². The number of likely N-dealkylation sites (tertiary alicyclic amines) is 1. The first-order valence-electron chi connectivity index (χ1n) is 8.88. The average molecular weight is 335 g/mol. The normalized spacial score (nSPS) is 25.6. The van der Waals surface area contributed by atoms with E-state index in [1.54, 1.807) is 11.3 Å². The Morgan fingerprint density at radius 3 is 2.48 bits per heavy atom. The summed E-state index contributed by atoms with van der Waals surface area (Å²) in [6.07, 6.45) is 5.63. The maximum atomic E-state index is 4.77. The molecule has 2 heterocycles. The van der Waals surface area contributed by atoms with Gasteiger partial charge in [-0.25, -0.2) is 4.98 Å². The van der Waals surface area contributed by atoms with Crippen LogP contribution in [0.15, 0.2) is 10.4 Å². The average Bonchev–Trinajstić information content (AvgIpc) is 3.13. The van der Waals surface area contributed by atoms with Crippen LogP contribution >= 0.6 is 11.3 Å². The van der Waals surface area contributed by atoms with Gasteiger partial charge < -0.3 is 10.2 Å². The second-order valence-electron chi connectivity index (χ2n) is 7.99. The van der Waals surface area contributed by atoms with Gasteiger partial charge in [-0.15, -0.1) is 11.3 Å². The second-order valence-corrected chi connectivity index (χ2v) is 8.93. The van der Waals surface area contributed by atoms with Gasteiger partial charge in [0.15, 0.2) is 5.96 Å². The number of rotatable bonds is 2. The van der Waals surface area contributed by atoms with Gasteiger partial charge in [-0.2, -0.15) is 0 Å². The first kappa shape index (κ1) is 16.7. The fraction of sp³-hybridized carbons (Fsp3) is 0.778. The molecule has 0 radical (unpaired) electrons. The molecule has 5 heteroatoms. The summed E-state index contributed by atoms with van der Waals surface area (Å²) in [5.74, 6) is 2.82. The molecule has 2 aliphatic rings. The lowest BCUT2D eigenvalue weighted by Gasteiger charge is -2.22. The fourth-order valence-corrected chi connectivity index (χ4v) is 4.76. The molecule has 1 aliphatic heterocycles. The van der Waals surface area contributed by atoms with Crippen molar-refractivity contribution in [3.63, 3.8) is 0 Å². The number of aliphatic imine (C=N–C) groups is 1. The summed E-state index contributed by atoms with van der Waals surface area (Å²) in [6, 6.07) is 0. The molecule has 2 unspecified atom stereocenters. The Morgan fingerprint density at radius 2 is 1.96 bits per heavy atom. The summed E-state index contributed by atoms with van der Waals surface area (Å²) < 4.78 is 0. The SMILES string of the molecule is CN=C(NCc1nc(C(C)(C)C)cs1)N1CC2CCCCC2C1. The van der Waals surface area contributed by atoms with Gasteiger partial charge in [-0.1, -0.05) is 33.6 Å². The van der Waals surface area contributed by atoms with E-state index in [4.69, 9.17) is 4.98 Å². The molecule has 0 bridgehead atoms. The van der Waals surface area contributed by atoms with E-state index in [-0.39, 0.29) is 5.41 Å². The van der Waals surface area contributed by atoms with Crippen molar-refractivity contribution in [3.05, 3.63) is 16.1 Å². The summed E-state index contributed by atoms with van der Waals surface area (Å²) in [6.45, 7) is 9.77. The predicted molar refractivity (Wildman–Crippen MR) is 98.0 cm³/mol. The third-order valence-electron chi connectivity index (χ3n) is 5.21. The summed E-state index contributed by atoms with van der Waals surface area (Å²) in [7, 11) is 1.90. The molecule has 2 atom stereocenters. The molecule has 3 rings (SSSR count). The highest BCUT2D eigenvalue weighted by molar-refractivity contribution is 7.09. The van der Waals surface area contributed by atoms with E-state index in [2.05, 4.69) is 41.4 Å². The van der Waals surface area contributed by atoms with Crippen LogP contribution in [-0.4, -0.2) is 36.0 Å². The smallest absolute Gasteiger partial charge is 0.194 e. The van der Waals surface area contributed by atoms with Gasteiger partial charge in [0.05, 0.1) is 12.2 Å². The standard InChI is InChI=1S/C18H30N4S/c1-18(2,3)15-12-23-16(21-15)9-20-17(19-4)22-10-13-7-5-6-8-14(13)11-22/h12-14H,5-11H2,1-4H3,(H,19,20). The van der Waals surface area contributed by atoms with Crippen molar-refractivity contribution in [2.75, 3.05) is 20.1 Å². The van der Waals surface area contributed by atoms with E-state index >= 15 is 0 Å². The number of nitrogens with one attached hydrogen (secondary N) is 1. The fourth-order valence-electron chi connectivity index (χ4n) is 3.80. The monoisotopic (exact) mass is 334 g/mol. The summed E-state index contributed by atoms with van der Waals surface area (Å²) in [5.41, 5.74) is 1.31. The lowest BCUT2D eigenvalue weighted by atomic mass is 9.82. The van der Waals surface area contributed by atoms with Crippen LogP contribution in [-0.2, 0) is 12.0 Å². The van der Waals surface area contributed by atoms with Crippen molar-refractivity contribution in [1.29, 1.82) is 0 Å². The highest BCUT2D eigenvalue weighted by Crippen LogP contribution is 2.36. The molecule has 1 N–H and O–H groups in total. The number of hydrogen-bond acceptors (Lipinski definition) is 3. The molecule has 23 heavy (non-hydrogen) atoms. The minimum absolute atomic E-state index is 0.126. The van der Waals surface area contributed by atoms with Gasteiger partial charge >= 0.3 is 0 Å². The van der Waals surface area contributed by atoms with Crippen molar-refractivity contribution in [2.45, 2.75) is 58.4 Å². The molecule has 1 saturated carbocycles. The van der Waals surface area contributed by atoms with Gasteiger partial charge in [0.1, 0.15) is 5.01 Å². The number of hydrogen-bond donors (Lipinski definition) is 1. The van der Waals surface area contributed by atoms with Gasteiger partial charge in [0.25, 0.3) is 0 Å². The Balaban J connectivity index is 1.57. The zero-order valence-electron chi connectivity index (χ0n) is 14.9. The minimum atomic E-state index is 0.126. The van der Waals surface area contributed by atoms with E-state index in [0.717, 1.165) is 29.3 Å². The lowest BCUT2D eigenvalue weighted by molar-refractivity contribution is 0.299. The topological polar surface area (TPSA) is 40.5 Å². The molecular formula is C18H30N4S. The summed E-state index contributed by atoms with van der Waals surface area (Å²) in [5, 5.41) is 6.86. The van der Waals surface area contributed by atoms with Crippen LogP contribution in [0.3, 0.4) is 0 Å². The first-order valence-corrected chi connectivity index (χ1v) is 9.76. The van der Waals surface area contributed by atoms with Crippen LogP contribution in [0.4, 0.5) is 0 Å². The van der Waals surface area contributed by atoms with Gasteiger partial charge in [0, 0.05) is 30.9 Å². The second kappa shape index (κ2) is 6.80. The molecule has 1 aliphatic carbocycles. The maximum absolute atomic E-state index is 4.77. The predicted octanol–water partition coefficient (Wildman–Crippen LogP) is 3.64. The lowest BCUT2D eigenvalue weighted by Crippen LogP contribution is -2.39. The molecule has 0 aromatic carbocycles. The molecule has 0 amide bonds. The minimum Gasteiger partial charge on any atom is -0.350 e. The van der Waals surface area contributed by atoms with E-state index in [9.17, 15) is 0 Å². The molecule has 2 fully saturated rings. The molecular weight excluding hydrogens is 304 g/mol. The van der Waals surface area contributed by atoms with Crippen molar-refractivity contribution in [2.24, 2.45) is 16.8 Å². The summed E-state index contributed by atoms with van der Waals surface area (Å²) in [4.78, 5) is 11.7. The number of aromatic nitrogens is 1. The number of nitrogens with zero attached hydrogens (tertiary/aromatic N) is 3. The molecule has 1 saturated heterocycles. The Kier molecular flexibility index (Phi) is 4.95. The van der Waals surface area contributed by atoms with Crippen LogP contribution in [0, 0.1) is 11.8 Å². The quantitative estimate of drug-likeness (QED) is 0.663. The van der Waals surface area contributed by atoms with E-state index in [1.165, 1.54) is 44.5 Å². The van der Waals surface area contributed by atoms with Crippen molar-refractivity contribution in [3.8, 4) is 0 Å². The Morgan fingerprint density at radius 1 is 1.30 bits per heavy atom. The zero-order chi connectivity index (χ0) is 16.4. The molecule has 4 nitrogen and oxygen atoms in total. The van der Waals surface area contributed by atoms with E-state index in [0.29, 0.717) is 0 Å².